The Bertz CT molecular complexity index is 775. The number of aryl methyl sites for hydroxylation is 1. The number of rotatable bonds is 8. The van der Waals surface area contributed by atoms with Crippen molar-refractivity contribution in [1.82, 2.24) is 10.6 Å². The zero-order valence-corrected chi connectivity index (χ0v) is 19.4. The SMILES string of the molecule is CCNC(=NCc1ccc(OC)cc1OC)NCC(C)(O)c1ccc(C)o1.I. The fourth-order valence-corrected chi connectivity index (χ4v) is 2.56. The number of halogens is 1. The summed E-state index contributed by atoms with van der Waals surface area (Å²) < 4.78 is 16.2. The van der Waals surface area contributed by atoms with E-state index >= 15 is 0 Å². The van der Waals surface area contributed by atoms with E-state index in [2.05, 4.69) is 15.6 Å². The lowest BCUT2D eigenvalue weighted by molar-refractivity contribution is 0.0378. The van der Waals surface area contributed by atoms with E-state index in [1.807, 2.05) is 38.1 Å². The van der Waals surface area contributed by atoms with Crippen LogP contribution in [0.25, 0.3) is 0 Å². The summed E-state index contributed by atoms with van der Waals surface area (Å²) in [5.74, 6) is 3.32. The van der Waals surface area contributed by atoms with Crippen LogP contribution in [-0.4, -0.2) is 38.4 Å². The number of guanidine groups is 1. The summed E-state index contributed by atoms with van der Waals surface area (Å²) in [5.41, 5.74) is -0.216. The van der Waals surface area contributed by atoms with Crippen molar-refractivity contribution >= 4 is 29.9 Å². The zero-order valence-electron chi connectivity index (χ0n) is 17.0. The fourth-order valence-electron chi connectivity index (χ4n) is 2.56. The molecule has 7 nitrogen and oxygen atoms in total. The predicted octanol–water partition coefficient (Wildman–Crippen LogP) is 3.19. The first-order chi connectivity index (χ1) is 12.9. The number of benzene rings is 1. The van der Waals surface area contributed by atoms with E-state index in [0.717, 1.165) is 17.1 Å². The molecule has 1 unspecified atom stereocenters. The maximum atomic E-state index is 10.7. The minimum absolute atomic E-state index is 0. The van der Waals surface area contributed by atoms with Gasteiger partial charge in [0.05, 0.1) is 27.3 Å². The molecule has 1 aromatic heterocycles. The maximum absolute atomic E-state index is 10.7. The van der Waals surface area contributed by atoms with Gasteiger partial charge in [0, 0.05) is 18.2 Å². The van der Waals surface area contributed by atoms with Gasteiger partial charge in [-0.05, 0) is 45.0 Å². The number of nitrogens with zero attached hydrogens (tertiary/aromatic N) is 1. The van der Waals surface area contributed by atoms with Crippen molar-refractivity contribution in [3.8, 4) is 11.5 Å². The summed E-state index contributed by atoms with van der Waals surface area (Å²) in [6, 6.07) is 9.24. The molecule has 156 valence electrons. The highest BCUT2D eigenvalue weighted by Crippen LogP contribution is 2.25. The van der Waals surface area contributed by atoms with Crippen molar-refractivity contribution in [3.05, 3.63) is 47.4 Å². The Morgan fingerprint density at radius 3 is 2.50 bits per heavy atom. The minimum atomic E-state index is -1.15. The van der Waals surface area contributed by atoms with Crippen molar-refractivity contribution in [2.45, 2.75) is 32.9 Å². The second-order valence-corrected chi connectivity index (χ2v) is 6.41. The van der Waals surface area contributed by atoms with Gasteiger partial charge in [0.15, 0.2) is 5.96 Å². The lowest BCUT2D eigenvalue weighted by Gasteiger charge is -2.23. The van der Waals surface area contributed by atoms with Crippen molar-refractivity contribution < 1.29 is 19.0 Å². The Kier molecular flexibility index (Phi) is 9.60. The summed E-state index contributed by atoms with van der Waals surface area (Å²) in [5, 5.41) is 17.0. The molecule has 0 aliphatic heterocycles. The second kappa shape index (κ2) is 11.2. The number of aliphatic imine (C=N–C) groups is 1. The molecule has 1 atom stereocenters. The lowest BCUT2D eigenvalue weighted by atomic mass is 10.0. The molecule has 28 heavy (non-hydrogen) atoms. The Labute approximate surface area is 183 Å². The predicted molar refractivity (Wildman–Crippen MR) is 121 cm³/mol. The number of furan rings is 1. The van der Waals surface area contributed by atoms with Crippen molar-refractivity contribution in [2.24, 2.45) is 4.99 Å². The molecule has 0 aliphatic carbocycles. The van der Waals surface area contributed by atoms with Crippen LogP contribution in [0.5, 0.6) is 11.5 Å². The van der Waals surface area contributed by atoms with Crippen LogP contribution in [0.3, 0.4) is 0 Å². The van der Waals surface area contributed by atoms with E-state index < -0.39 is 5.60 Å². The number of hydrogen-bond donors (Lipinski definition) is 3. The Morgan fingerprint density at radius 1 is 1.18 bits per heavy atom. The number of hydrogen-bond acceptors (Lipinski definition) is 5. The van der Waals surface area contributed by atoms with Gasteiger partial charge in [-0.15, -0.1) is 24.0 Å². The van der Waals surface area contributed by atoms with Gasteiger partial charge >= 0.3 is 0 Å². The maximum Gasteiger partial charge on any atom is 0.191 e. The summed E-state index contributed by atoms with van der Waals surface area (Å²) in [7, 11) is 3.24. The summed E-state index contributed by atoms with van der Waals surface area (Å²) in [6.07, 6.45) is 0. The highest BCUT2D eigenvalue weighted by Gasteiger charge is 2.27. The van der Waals surface area contributed by atoms with Crippen molar-refractivity contribution in [3.63, 3.8) is 0 Å². The third kappa shape index (κ3) is 6.59. The molecule has 0 fully saturated rings. The van der Waals surface area contributed by atoms with Crippen LogP contribution >= 0.6 is 24.0 Å². The zero-order chi connectivity index (χ0) is 19.9. The Balaban J connectivity index is 0.00000392. The third-order valence-electron chi connectivity index (χ3n) is 4.12. The molecular weight excluding hydrogens is 473 g/mol. The molecule has 0 amide bonds. The molecule has 0 aliphatic rings. The highest BCUT2D eigenvalue weighted by atomic mass is 127. The van der Waals surface area contributed by atoms with Crippen LogP contribution < -0.4 is 20.1 Å². The second-order valence-electron chi connectivity index (χ2n) is 6.41. The number of methoxy groups -OCH3 is 2. The molecule has 3 N–H and O–H groups in total. The van der Waals surface area contributed by atoms with Crippen LogP contribution in [0.4, 0.5) is 0 Å². The first-order valence-corrected chi connectivity index (χ1v) is 8.92. The Morgan fingerprint density at radius 2 is 1.93 bits per heavy atom. The minimum Gasteiger partial charge on any atom is -0.497 e. The molecule has 1 aromatic carbocycles. The van der Waals surface area contributed by atoms with Crippen LogP contribution in [0.1, 0.15) is 30.9 Å². The molecule has 1 heterocycles. The first-order valence-electron chi connectivity index (χ1n) is 8.92. The standard InChI is InChI=1S/C20H29N3O4.HI/c1-6-21-19(23-13-20(3,24)18-10-7-14(2)27-18)22-12-15-8-9-16(25-4)11-17(15)26-5;/h7-11,24H,6,12-13H2,1-5H3,(H2,21,22,23);1H. The molecule has 2 rings (SSSR count). The lowest BCUT2D eigenvalue weighted by Crippen LogP contribution is -2.44. The van der Waals surface area contributed by atoms with Gasteiger partial charge in [0.1, 0.15) is 28.6 Å². The highest BCUT2D eigenvalue weighted by molar-refractivity contribution is 14.0. The van der Waals surface area contributed by atoms with Crippen molar-refractivity contribution in [2.75, 3.05) is 27.3 Å². The van der Waals surface area contributed by atoms with Gasteiger partial charge in [-0.3, -0.25) is 0 Å². The fraction of sp³-hybridized carbons (Fsp3) is 0.450. The number of ether oxygens (including phenoxy) is 2. The molecule has 0 saturated carbocycles. The average Bonchev–Trinajstić information content (AvgIpc) is 3.11. The van der Waals surface area contributed by atoms with Gasteiger partial charge in [0.25, 0.3) is 0 Å². The Hall–Kier alpha value is -1.94. The normalized spacial score (nSPS) is 13.3. The van der Waals surface area contributed by atoms with Gasteiger partial charge in [-0.1, -0.05) is 0 Å². The van der Waals surface area contributed by atoms with Gasteiger partial charge in [-0.2, -0.15) is 0 Å². The summed E-state index contributed by atoms with van der Waals surface area (Å²) >= 11 is 0. The molecule has 0 spiro atoms. The molecule has 0 saturated heterocycles. The van der Waals surface area contributed by atoms with Gasteiger partial charge in [-0.25, -0.2) is 4.99 Å². The third-order valence-corrected chi connectivity index (χ3v) is 4.12. The molecular formula is C20H30IN3O4. The number of aliphatic hydroxyl groups is 1. The number of nitrogens with one attached hydrogen (secondary N) is 2. The van der Waals surface area contributed by atoms with E-state index in [-0.39, 0.29) is 30.5 Å². The van der Waals surface area contributed by atoms with Gasteiger partial charge in [0.2, 0.25) is 0 Å². The topological polar surface area (TPSA) is 88.3 Å². The first kappa shape index (κ1) is 24.1. The van der Waals surface area contributed by atoms with E-state index in [0.29, 0.717) is 30.6 Å². The molecule has 2 aromatic rings. The largest absolute Gasteiger partial charge is 0.497 e. The van der Waals surface area contributed by atoms with E-state index in [4.69, 9.17) is 13.9 Å². The van der Waals surface area contributed by atoms with Crippen molar-refractivity contribution in [1.29, 1.82) is 0 Å². The van der Waals surface area contributed by atoms with E-state index in [1.54, 1.807) is 27.2 Å². The van der Waals surface area contributed by atoms with Crippen LogP contribution in [0.2, 0.25) is 0 Å². The monoisotopic (exact) mass is 503 g/mol. The molecule has 0 radical (unpaired) electrons. The smallest absolute Gasteiger partial charge is 0.191 e. The van der Waals surface area contributed by atoms with Crippen LogP contribution in [0, 0.1) is 6.92 Å². The molecule has 8 heteroatoms. The summed E-state index contributed by atoms with van der Waals surface area (Å²) in [4.78, 5) is 4.58. The quantitative estimate of drug-likeness (QED) is 0.292. The van der Waals surface area contributed by atoms with E-state index in [1.165, 1.54) is 0 Å². The average molecular weight is 503 g/mol. The van der Waals surface area contributed by atoms with E-state index in [9.17, 15) is 5.11 Å². The van der Waals surface area contributed by atoms with Crippen LogP contribution in [0.15, 0.2) is 39.7 Å². The van der Waals surface area contributed by atoms with Gasteiger partial charge < -0.3 is 29.6 Å². The van der Waals surface area contributed by atoms with Crippen LogP contribution in [-0.2, 0) is 12.1 Å². The molecule has 0 bridgehead atoms. The summed E-state index contributed by atoms with van der Waals surface area (Å²) in [6.45, 7) is 6.91.